The molecular weight excluding hydrogens is 572 g/mol. The van der Waals surface area contributed by atoms with Gasteiger partial charge in [-0.3, -0.25) is 10.1 Å². The molecule has 6 nitrogen and oxygen atoms in total. The van der Waals surface area contributed by atoms with Crippen molar-refractivity contribution >= 4 is 5.91 Å². The number of benzene rings is 3. The van der Waals surface area contributed by atoms with Crippen LogP contribution in [-0.4, -0.2) is 31.8 Å². The third kappa shape index (κ3) is 3.74. The predicted octanol–water partition coefficient (Wildman–Crippen LogP) is 6.82. The van der Waals surface area contributed by atoms with E-state index in [-0.39, 0.29) is 34.8 Å². The number of hydrogen-bond acceptors (Lipinski definition) is 5. The van der Waals surface area contributed by atoms with Gasteiger partial charge in [0.1, 0.15) is 17.7 Å². The van der Waals surface area contributed by atoms with Gasteiger partial charge in [-0.2, -0.15) is 0 Å². The zero-order chi connectivity index (χ0) is 31.3. The Bertz CT molecular complexity index is 1660. The molecule has 46 heavy (non-hydrogen) atoms. The second kappa shape index (κ2) is 10.3. The molecule has 3 aromatic carbocycles. The molecule has 2 spiro atoms. The number of carbonyl (C=O) groups is 1. The summed E-state index contributed by atoms with van der Waals surface area (Å²) in [4.78, 5) is 13.2. The lowest BCUT2D eigenvalue weighted by atomic mass is 9.31. The molecule has 1 amide bonds. The van der Waals surface area contributed by atoms with Crippen molar-refractivity contribution in [2.45, 2.75) is 87.0 Å². The molecule has 3 N–H and O–H groups in total. The fourth-order valence-corrected chi connectivity index (χ4v) is 11.9. The first-order chi connectivity index (χ1) is 22.5. The van der Waals surface area contributed by atoms with Crippen molar-refractivity contribution in [1.82, 2.24) is 5.32 Å². The van der Waals surface area contributed by atoms with Crippen LogP contribution >= 0.6 is 0 Å². The molecule has 1 aliphatic heterocycles. The first-order valence-corrected chi connectivity index (χ1v) is 17.5. The van der Waals surface area contributed by atoms with Crippen LogP contribution in [0.5, 0.6) is 11.5 Å². The van der Waals surface area contributed by atoms with Gasteiger partial charge >= 0.3 is 0 Å². The number of methoxy groups -OCH3 is 2. The van der Waals surface area contributed by atoms with Crippen LogP contribution < -0.4 is 20.5 Å². The normalized spacial score (nSPS) is 36.0. The molecule has 1 heterocycles. The Balaban J connectivity index is 1.23. The Morgan fingerprint density at radius 1 is 0.957 bits per heavy atom. The number of amides is 1. The lowest BCUT2D eigenvalue weighted by molar-refractivity contribution is -0.284. The average molecular weight is 619 g/mol. The number of nitrogens with two attached hydrogens (primary N) is 1. The van der Waals surface area contributed by atoms with E-state index in [0.29, 0.717) is 5.92 Å². The summed E-state index contributed by atoms with van der Waals surface area (Å²) >= 11 is 0. The highest BCUT2D eigenvalue weighted by molar-refractivity contribution is 5.81. The highest BCUT2D eigenvalue weighted by atomic mass is 16.6. The van der Waals surface area contributed by atoms with Gasteiger partial charge in [0.2, 0.25) is 5.91 Å². The van der Waals surface area contributed by atoms with E-state index in [1.165, 1.54) is 36.8 Å². The second-order valence-electron chi connectivity index (χ2n) is 15.3. The van der Waals surface area contributed by atoms with Crippen LogP contribution in [0.1, 0.15) is 85.7 Å². The van der Waals surface area contributed by atoms with Crippen LogP contribution in [0.4, 0.5) is 0 Å². The van der Waals surface area contributed by atoms with Crippen LogP contribution in [0, 0.1) is 29.1 Å². The minimum Gasteiger partial charge on any atom is -0.493 e. The lowest BCUT2D eigenvalue weighted by Gasteiger charge is -2.74. The van der Waals surface area contributed by atoms with Crippen molar-refractivity contribution in [3.8, 4) is 11.5 Å². The van der Waals surface area contributed by atoms with Crippen molar-refractivity contribution in [2.75, 3.05) is 14.2 Å². The summed E-state index contributed by atoms with van der Waals surface area (Å²) in [6.45, 7) is 0. The summed E-state index contributed by atoms with van der Waals surface area (Å²) in [5.41, 5.74) is 10.6. The summed E-state index contributed by atoms with van der Waals surface area (Å²) in [6.07, 6.45) is 10.7. The summed E-state index contributed by atoms with van der Waals surface area (Å²) in [5, 5.41) is 3.86. The largest absolute Gasteiger partial charge is 0.493 e. The van der Waals surface area contributed by atoms with E-state index in [0.717, 1.165) is 66.6 Å². The highest BCUT2D eigenvalue weighted by Crippen LogP contribution is 2.80. The van der Waals surface area contributed by atoms with Gasteiger partial charge in [0.05, 0.1) is 7.11 Å². The first-order valence-electron chi connectivity index (χ1n) is 17.5. The maximum Gasteiger partial charge on any atom is 0.239 e. The fraction of sp³-hybridized carbons (Fsp3) is 0.525. The molecule has 6 aliphatic carbocycles. The van der Waals surface area contributed by atoms with E-state index in [1.54, 1.807) is 7.11 Å². The smallest absolute Gasteiger partial charge is 0.239 e. The molecule has 240 valence electrons. The van der Waals surface area contributed by atoms with Crippen molar-refractivity contribution in [3.05, 3.63) is 95.1 Å². The second-order valence-corrected chi connectivity index (χ2v) is 15.3. The summed E-state index contributed by atoms with van der Waals surface area (Å²) in [7, 11) is 3.66. The van der Waals surface area contributed by atoms with Gasteiger partial charge in [-0.05, 0) is 90.9 Å². The molecule has 7 aliphatic rings. The number of rotatable bonds is 10. The van der Waals surface area contributed by atoms with E-state index >= 15 is 0 Å². The molecular formula is C40H46N2O4. The Labute approximate surface area is 272 Å². The summed E-state index contributed by atoms with van der Waals surface area (Å²) in [5.74, 6) is 3.75. The third-order valence-electron chi connectivity index (χ3n) is 13.7. The van der Waals surface area contributed by atoms with Crippen molar-refractivity contribution in [1.29, 1.82) is 0 Å². The van der Waals surface area contributed by atoms with Gasteiger partial charge in [0, 0.05) is 30.0 Å². The monoisotopic (exact) mass is 618 g/mol. The molecule has 5 saturated carbocycles. The van der Waals surface area contributed by atoms with E-state index in [1.807, 2.05) is 37.4 Å². The van der Waals surface area contributed by atoms with E-state index in [4.69, 9.17) is 19.9 Å². The predicted molar refractivity (Wildman–Crippen MR) is 177 cm³/mol. The Morgan fingerprint density at radius 2 is 1.70 bits per heavy atom. The van der Waals surface area contributed by atoms with Crippen LogP contribution in [0.2, 0.25) is 0 Å². The molecule has 0 aromatic heterocycles. The average Bonchev–Trinajstić information content (AvgIpc) is 3.83. The number of hydrogen-bond donors (Lipinski definition) is 2. The molecule has 9 atom stereocenters. The molecule has 6 heteroatoms. The van der Waals surface area contributed by atoms with Crippen LogP contribution in [0.3, 0.4) is 0 Å². The van der Waals surface area contributed by atoms with Crippen molar-refractivity contribution in [2.24, 2.45) is 34.8 Å². The lowest BCUT2D eigenvalue weighted by Crippen LogP contribution is -2.78. The SMILES string of the molecule is COc1ccc2c3c1O[C@@H]1C34CCC(CC3CC3)[C@H](C2)[C@]42CC[C@@]1(OC)[C@@H](C(N[C@@H](C(N)=O)c1ccccc1)c1ccccc1)C2. The van der Waals surface area contributed by atoms with Gasteiger partial charge < -0.3 is 19.9 Å². The van der Waals surface area contributed by atoms with Gasteiger partial charge in [-0.1, -0.05) is 79.6 Å². The number of primary amides is 1. The zero-order valence-electron chi connectivity index (χ0n) is 27.0. The number of fused-ring (bicyclic) bond motifs is 2. The fourth-order valence-electron chi connectivity index (χ4n) is 11.9. The van der Waals surface area contributed by atoms with Crippen molar-refractivity contribution in [3.63, 3.8) is 0 Å². The van der Waals surface area contributed by atoms with E-state index < -0.39 is 11.6 Å². The molecule has 10 rings (SSSR count). The van der Waals surface area contributed by atoms with Gasteiger partial charge in [-0.15, -0.1) is 0 Å². The molecule has 3 aromatic rings. The quantitative estimate of drug-likeness (QED) is 0.261. The van der Waals surface area contributed by atoms with Gasteiger partial charge in [0.25, 0.3) is 0 Å². The first kappa shape index (κ1) is 28.8. The minimum absolute atomic E-state index is 0.0707. The molecule has 0 saturated heterocycles. The standard InChI is InChI=1S/C40H46N2O4/c1-44-31-16-15-28-22-29-27(21-24-13-14-24)17-18-39-32(28)35(31)46-37(39)40(45-2)20-19-38(29,39)23-30(40)33(25-9-5-3-6-10-25)42-34(36(41)43)26-11-7-4-8-12-26/h3-12,15-16,24,27,29-30,33-34,37,42H,13-14,17-23H2,1-2H3,(H2,41,43)/t27?,29-,30+,33?,34+,37+,38+,39?,40+/m0/s1. The molecule has 0 radical (unpaired) electrons. The highest BCUT2D eigenvalue weighted by Gasteiger charge is 2.81. The number of carbonyl (C=O) groups excluding carboxylic acids is 1. The third-order valence-corrected chi connectivity index (χ3v) is 13.7. The van der Waals surface area contributed by atoms with E-state index in [2.05, 4.69) is 47.8 Å². The summed E-state index contributed by atoms with van der Waals surface area (Å²) in [6, 6.07) is 24.3. The van der Waals surface area contributed by atoms with Crippen molar-refractivity contribution < 1.29 is 19.0 Å². The number of nitrogens with one attached hydrogen (secondary N) is 1. The topological polar surface area (TPSA) is 82.8 Å². The minimum atomic E-state index is -0.630. The molecule has 4 bridgehead atoms. The molecule has 5 fully saturated rings. The number of ether oxygens (including phenoxy) is 3. The van der Waals surface area contributed by atoms with E-state index in [9.17, 15) is 4.79 Å². The van der Waals surface area contributed by atoms with Gasteiger partial charge in [0.15, 0.2) is 11.5 Å². The molecule has 3 unspecified atom stereocenters. The zero-order valence-corrected chi connectivity index (χ0v) is 27.0. The summed E-state index contributed by atoms with van der Waals surface area (Å²) < 4.78 is 20.2. The van der Waals surface area contributed by atoms with Gasteiger partial charge in [-0.25, -0.2) is 0 Å². The Kier molecular flexibility index (Phi) is 6.47. The van der Waals surface area contributed by atoms with Crippen LogP contribution in [0.25, 0.3) is 0 Å². The Hall–Kier alpha value is -3.35. The maximum absolute atomic E-state index is 13.2. The van der Waals surface area contributed by atoms with Crippen LogP contribution in [-0.2, 0) is 21.4 Å². The van der Waals surface area contributed by atoms with Crippen LogP contribution in [0.15, 0.2) is 72.8 Å². The maximum atomic E-state index is 13.2. The Morgan fingerprint density at radius 3 is 2.37 bits per heavy atom.